The lowest BCUT2D eigenvalue weighted by atomic mass is 10.2. The Labute approximate surface area is 128 Å². The van der Waals surface area contributed by atoms with Crippen LogP contribution in [0, 0.1) is 0 Å². The van der Waals surface area contributed by atoms with Gasteiger partial charge in [-0.15, -0.1) is 0 Å². The molecule has 19 heavy (non-hydrogen) atoms. The number of carbonyl (C=O) groups is 1. The van der Waals surface area contributed by atoms with E-state index >= 15 is 0 Å². The van der Waals surface area contributed by atoms with Gasteiger partial charge in [-0.1, -0.05) is 0 Å². The molecule has 4 nitrogen and oxygen atoms in total. The molecule has 1 aromatic heterocycles. The molecule has 0 aliphatic carbocycles. The van der Waals surface area contributed by atoms with Crippen molar-refractivity contribution in [3.8, 4) is 5.75 Å². The zero-order chi connectivity index (χ0) is 13.8. The van der Waals surface area contributed by atoms with Gasteiger partial charge in [-0.3, -0.25) is 9.48 Å². The summed E-state index contributed by atoms with van der Waals surface area (Å²) < 4.78 is 9.08. The molecule has 0 aliphatic heterocycles. The number of aryl methyl sites for hydroxylation is 1. The zero-order valence-electron chi connectivity index (χ0n) is 10.3. The SMILES string of the molecule is CCn1cc(COc2c(Br)cc(C=O)cc2Br)cn1. The first-order valence-corrected chi connectivity index (χ1v) is 7.31. The van der Waals surface area contributed by atoms with Gasteiger partial charge in [0.1, 0.15) is 18.6 Å². The number of ether oxygens (including phenoxy) is 1. The molecule has 2 aromatic rings. The van der Waals surface area contributed by atoms with Crippen LogP contribution in [0.5, 0.6) is 5.75 Å². The van der Waals surface area contributed by atoms with E-state index in [2.05, 4.69) is 37.0 Å². The van der Waals surface area contributed by atoms with E-state index in [9.17, 15) is 4.79 Å². The van der Waals surface area contributed by atoms with Crippen molar-refractivity contribution in [2.24, 2.45) is 0 Å². The molecular weight excluding hydrogens is 376 g/mol. The van der Waals surface area contributed by atoms with Gasteiger partial charge < -0.3 is 4.74 Å². The molecule has 2 rings (SSSR count). The number of aromatic nitrogens is 2. The van der Waals surface area contributed by atoms with Crippen LogP contribution in [-0.2, 0) is 13.2 Å². The second kappa shape index (κ2) is 6.34. The van der Waals surface area contributed by atoms with E-state index in [-0.39, 0.29) is 0 Å². The maximum Gasteiger partial charge on any atom is 0.150 e. The van der Waals surface area contributed by atoms with E-state index in [4.69, 9.17) is 4.74 Å². The van der Waals surface area contributed by atoms with Crippen LogP contribution in [0.4, 0.5) is 0 Å². The quantitative estimate of drug-likeness (QED) is 0.732. The van der Waals surface area contributed by atoms with Crippen molar-refractivity contribution in [2.45, 2.75) is 20.1 Å². The van der Waals surface area contributed by atoms with E-state index in [0.717, 1.165) is 27.3 Å². The summed E-state index contributed by atoms with van der Waals surface area (Å²) in [5, 5.41) is 4.19. The van der Waals surface area contributed by atoms with Crippen LogP contribution in [0.15, 0.2) is 33.5 Å². The van der Waals surface area contributed by atoms with Crippen LogP contribution in [-0.4, -0.2) is 16.1 Å². The maximum absolute atomic E-state index is 10.7. The van der Waals surface area contributed by atoms with Crippen LogP contribution >= 0.6 is 31.9 Å². The molecule has 6 heteroatoms. The molecule has 0 spiro atoms. The normalized spacial score (nSPS) is 10.5. The fourth-order valence-electron chi connectivity index (χ4n) is 1.59. The standard InChI is InChI=1S/C13H12Br2N2O2/c1-2-17-6-10(5-16-17)8-19-13-11(14)3-9(7-18)4-12(13)15/h3-7H,2,8H2,1H3. The van der Waals surface area contributed by atoms with Crippen molar-refractivity contribution in [1.29, 1.82) is 0 Å². The molecule has 1 heterocycles. The number of rotatable bonds is 5. The van der Waals surface area contributed by atoms with Crippen LogP contribution in [0.3, 0.4) is 0 Å². The molecular formula is C13H12Br2N2O2. The molecule has 0 saturated heterocycles. The average molecular weight is 388 g/mol. The molecule has 0 aliphatic rings. The number of benzene rings is 1. The van der Waals surface area contributed by atoms with Crippen LogP contribution in [0.2, 0.25) is 0 Å². The molecule has 0 amide bonds. The number of halogens is 2. The highest BCUT2D eigenvalue weighted by atomic mass is 79.9. The average Bonchev–Trinajstić information content (AvgIpc) is 2.85. The molecule has 0 saturated carbocycles. The van der Waals surface area contributed by atoms with Gasteiger partial charge in [0.25, 0.3) is 0 Å². The third-order valence-electron chi connectivity index (χ3n) is 2.55. The second-order valence-corrected chi connectivity index (χ2v) is 5.63. The van der Waals surface area contributed by atoms with Crippen molar-refractivity contribution in [2.75, 3.05) is 0 Å². The van der Waals surface area contributed by atoms with Gasteiger partial charge >= 0.3 is 0 Å². The van der Waals surface area contributed by atoms with Gasteiger partial charge in [0.2, 0.25) is 0 Å². The van der Waals surface area contributed by atoms with Gasteiger partial charge in [-0.05, 0) is 50.9 Å². The van der Waals surface area contributed by atoms with Gasteiger partial charge in [-0.25, -0.2) is 0 Å². The maximum atomic E-state index is 10.7. The van der Waals surface area contributed by atoms with E-state index in [1.165, 1.54) is 0 Å². The van der Waals surface area contributed by atoms with E-state index in [1.54, 1.807) is 18.3 Å². The number of nitrogens with zero attached hydrogens (tertiary/aromatic N) is 2. The number of hydrogen-bond acceptors (Lipinski definition) is 3. The van der Waals surface area contributed by atoms with Crippen LogP contribution in [0.25, 0.3) is 0 Å². The van der Waals surface area contributed by atoms with Crippen molar-refractivity contribution in [3.05, 3.63) is 44.6 Å². The summed E-state index contributed by atoms with van der Waals surface area (Å²) in [4.78, 5) is 10.7. The molecule has 0 bridgehead atoms. The first kappa shape index (κ1) is 14.3. The third-order valence-corrected chi connectivity index (χ3v) is 3.73. The fraction of sp³-hybridized carbons (Fsp3) is 0.231. The number of hydrogen-bond donors (Lipinski definition) is 0. The van der Waals surface area contributed by atoms with Gasteiger partial charge in [-0.2, -0.15) is 5.10 Å². The van der Waals surface area contributed by atoms with Crippen LogP contribution < -0.4 is 4.74 Å². The van der Waals surface area contributed by atoms with Crippen LogP contribution in [0.1, 0.15) is 22.8 Å². The Balaban J connectivity index is 2.13. The summed E-state index contributed by atoms with van der Waals surface area (Å²) in [6.45, 7) is 3.29. The summed E-state index contributed by atoms with van der Waals surface area (Å²) in [6.07, 6.45) is 4.53. The van der Waals surface area contributed by atoms with Gasteiger partial charge in [0.15, 0.2) is 0 Å². The lowest BCUT2D eigenvalue weighted by Crippen LogP contribution is -1.97. The molecule has 0 unspecified atom stereocenters. The predicted molar refractivity (Wildman–Crippen MR) is 79.5 cm³/mol. The summed E-state index contributed by atoms with van der Waals surface area (Å²) >= 11 is 6.79. The van der Waals surface area contributed by atoms with Crippen molar-refractivity contribution < 1.29 is 9.53 Å². The zero-order valence-corrected chi connectivity index (χ0v) is 13.4. The topological polar surface area (TPSA) is 44.1 Å². The minimum Gasteiger partial charge on any atom is -0.486 e. The number of aldehydes is 1. The minimum absolute atomic E-state index is 0.428. The predicted octanol–water partition coefficient (Wildman–Crippen LogP) is 3.82. The Kier molecular flexibility index (Phi) is 4.76. The Morgan fingerprint density at radius 2 is 2.05 bits per heavy atom. The Bertz CT molecular complexity index is 573. The Morgan fingerprint density at radius 1 is 1.37 bits per heavy atom. The third kappa shape index (κ3) is 3.45. The summed E-state index contributed by atoms with van der Waals surface area (Å²) in [7, 11) is 0. The second-order valence-electron chi connectivity index (χ2n) is 3.92. The summed E-state index contributed by atoms with van der Waals surface area (Å²) in [6, 6.07) is 3.45. The van der Waals surface area contributed by atoms with Crippen molar-refractivity contribution in [3.63, 3.8) is 0 Å². The highest BCUT2D eigenvalue weighted by molar-refractivity contribution is 9.11. The van der Waals surface area contributed by atoms with Crippen molar-refractivity contribution in [1.82, 2.24) is 9.78 Å². The highest BCUT2D eigenvalue weighted by Crippen LogP contribution is 2.34. The molecule has 1 aromatic carbocycles. The van der Waals surface area contributed by atoms with E-state index in [1.807, 2.05) is 17.8 Å². The highest BCUT2D eigenvalue weighted by Gasteiger charge is 2.09. The van der Waals surface area contributed by atoms with Gasteiger partial charge in [0.05, 0.1) is 15.1 Å². The summed E-state index contributed by atoms with van der Waals surface area (Å²) in [5.74, 6) is 0.676. The van der Waals surface area contributed by atoms with Crippen molar-refractivity contribution >= 4 is 38.1 Å². The lowest BCUT2D eigenvalue weighted by molar-refractivity contribution is 0.112. The Morgan fingerprint density at radius 3 is 2.58 bits per heavy atom. The molecule has 0 atom stereocenters. The minimum atomic E-state index is 0.428. The molecule has 100 valence electrons. The first-order valence-electron chi connectivity index (χ1n) is 5.72. The molecule has 0 radical (unpaired) electrons. The molecule has 0 N–H and O–H groups in total. The monoisotopic (exact) mass is 386 g/mol. The summed E-state index contributed by atoms with van der Waals surface area (Å²) in [5.41, 5.74) is 1.59. The smallest absolute Gasteiger partial charge is 0.150 e. The fourth-order valence-corrected chi connectivity index (χ4v) is 3.05. The largest absolute Gasteiger partial charge is 0.486 e. The van der Waals surface area contributed by atoms with E-state index in [0.29, 0.717) is 17.9 Å². The molecule has 0 fully saturated rings. The Hall–Kier alpha value is -1.14. The van der Waals surface area contributed by atoms with E-state index < -0.39 is 0 Å². The number of carbonyl (C=O) groups excluding carboxylic acids is 1. The first-order chi connectivity index (χ1) is 9.13. The lowest BCUT2D eigenvalue weighted by Gasteiger charge is -2.10. The van der Waals surface area contributed by atoms with Gasteiger partial charge in [0, 0.05) is 23.9 Å².